The predicted octanol–water partition coefficient (Wildman–Crippen LogP) is 2.50. The zero-order valence-corrected chi connectivity index (χ0v) is 15.9. The van der Waals surface area contributed by atoms with E-state index < -0.39 is 11.7 Å². The zero-order valence-electron chi connectivity index (χ0n) is 13.6. The molecular formula is C17H13Cl2N5O2S. The minimum absolute atomic E-state index is 0.0526. The molecule has 0 aliphatic rings. The Hall–Kier alpha value is -2.52. The number of hydrazone groups is 1. The molecule has 27 heavy (non-hydrogen) atoms. The van der Waals surface area contributed by atoms with Crippen LogP contribution >= 0.6 is 35.4 Å². The fourth-order valence-electron chi connectivity index (χ4n) is 2.39. The monoisotopic (exact) mass is 421 g/mol. The number of nitrogens with one attached hydrogen (secondary N) is 2. The number of aliphatic hydroxyl groups is 1. The summed E-state index contributed by atoms with van der Waals surface area (Å²) in [5, 5.41) is 15.6. The second kappa shape index (κ2) is 8.01. The summed E-state index contributed by atoms with van der Waals surface area (Å²) >= 11 is 16.6. The summed E-state index contributed by atoms with van der Waals surface area (Å²) in [5.74, 6) is 0. The van der Waals surface area contributed by atoms with Crippen molar-refractivity contribution >= 4 is 57.3 Å². The Morgan fingerprint density at radius 2 is 1.89 bits per heavy atom. The van der Waals surface area contributed by atoms with Gasteiger partial charge in [0.1, 0.15) is 11.8 Å². The molecule has 0 radical (unpaired) electrons. The van der Waals surface area contributed by atoms with E-state index in [1.54, 1.807) is 42.5 Å². The molecule has 0 amide bonds. The number of H-pyrrole nitrogens is 1. The van der Waals surface area contributed by atoms with E-state index in [0.717, 1.165) is 0 Å². The number of thiocarbonyl (C=S) groups is 1. The summed E-state index contributed by atoms with van der Waals surface area (Å²) in [6.45, 7) is 0. The van der Waals surface area contributed by atoms with Crippen LogP contribution in [0.2, 0.25) is 10.0 Å². The van der Waals surface area contributed by atoms with Crippen LogP contribution in [0.15, 0.2) is 52.4 Å². The first-order chi connectivity index (χ1) is 12.8. The van der Waals surface area contributed by atoms with Crippen molar-refractivity contribution in [1.29, 1.82) is 0 Å². The first kappa shape index (κ1) is 19.2. The number of aliphatic hydroxyl groups excluding tert-OH is 1. The molecule has 5 N–H and O–H groups in total. The normalized spacial score (nSPS) is 12.8. The van der Waals surface area contributed by atoms with Crippen molar-refractivity contribution in [2.24, 2.45) is 10.8 Å². The van der Waals surface area contributed by atoms with Crippen molar-refractivity contribution in [2.75, 3.05) is 0 Å². The molecule has 0 aliphatic heterocycles. The van der Waals surface area contributed by atoms with Gasteiger partial charge in [-0.15, -0.1) is 0 Å². The number of rotatable bonds is 4. The van der Waals surface area contributed by atoms with Crippen molar-refractivity contribution < 1.29 is 5.11 Å². The van der Waals surface area contributed by atoms with Crippen LogP contribution in [0.4, 0.5) is 0 Å². The van der Waals surface area contributed by atoms with Crippen LogP contribution in [-0.2, 0) is 0 Å². The fourth-order valence-corrected chi connectivity index (χ4v) is 2.74. The molecule has 0 saturated heterocycles. The highest BCUT2D eigenvalue weighted by atomic mass is 35.5. The molecule has 7 nitrogen and oxygen atoms in total. The molecule has 0 saturated carbocycles. The van der Waals surface area contributed by atoms with Crippen molar-refractivity contribution in [3.63, 3.8) is 0 Å². The lowest BCUT2D eigenvalue weighted by Gasteiger charge is -2.14. The molecule has 3 aromatic rings. The average Bonchev–Trinajstić information content (AvgIpc) is 2.62. The molecule has 2 aromatic carbocycles. The van der Waals surface area contributed by atoms with E-state index in [4.69, 9.17) is 41.2 Å². The molecule has 0 fully saturated rings. The van der Waals surface area contributed by atoms with Gasteiger partial charge in [0.2, 0.25) is 0 Å². The van der Waals surface area contributed by atoms with Gasteiger partial charge in [-0.2, -0.15) is 5.10 Å². The molecule has 0 aliphatic carbocycles. The Bertz CT molecular complexity index is 1100. The SMILES string of the molecule is NC(=S)N/N=C(/c1nc2ccc(Cl)cc2[nH]c1=O)C(O)c1ccc(Cl)cc1. The molecule has 138 valence electrons. The van der Waals surface area contributed by atoms with Crippen LogP contribution < -0.4 is 16.7 Å². The number of halogens is 2. The summed E-state index contributed by atoms with van der Waals surface area (Å²) in [7, 11) is 0. The predicted molar refractivity (Wildman–Crippen MR) is 110 cm³/mol. The fraction of sp³-hybridized carbons (Fsp3) is 0.0588. The molecule has 0 bridgehead atoms. The van der Waals surface area contributed by atoms with E-state index in [9.17, 15) is 9.90 Å². The van der Waals surface area contributed by atoms with E-state index >= 15 is 0 Å². The Labute approximate surface area is 168 Å². The molecular weight excluding hydrogens is 409 g/mol. The van der Waals surface area contributed by atoms with E-state index in [1.807, 2.05) is 0 Å². The Morgan fingerprint density at radius 1 is 1.22 bits per heavy atom. The third kappa shape index (κ3) is 4.42. The number of nitrogens with zero attached hydrogens (tertiary/aromatic N) is 2. The number of benzene rings is 2. The lowest BCUT2D eigenvalue weighted by Crippen LogP contribution is -2.31. The quantitative estimate of drug-likeness (QED) is 0.292. The van der Waals surface area contributed by atoms with Gasteiger partial charge in [0.05, 0.1) is 11.0 Å². The minimum Gasteiger partial charge on any atom is -0.382 e. The van der Waals surface area contributed by atoms with E-state index in [1.165, 1.54) is 0 Å². The molecule has 10 heteroatoms. The Morgan fingerprint density at radius 3 is 2.56 bits per heavy atom. The topological polar surface area (TPSA) is 116 Å². The first-order valence-electron chi connectivity index (χ1n) is 7.61. The summed E-state index contributed by atoms with van der Waals surface area (Å²) < 4.78 is 0. The largest absolute Gasteiger partial charge is 0.382 e. The van der Waals surface area contributed by atoms with E-state index in [-0.39, 0.29) is 16.5 Å². The number of aromatic amines is 1. The lowest BCUT2D eigenvalue weighted by atomic mass is 10.0. The van der Waals surface area contributed by atoms with Crippen LogP contribution in [-0.4, -0.2) is 25.9 Å². The first-order valence-corrected chi connectivity index (χ1v) is 8.78. The van der Waals surface area contributed by atoms with E-state index in [2.05, 4.69) is 20.5 Å². The van der Waals surface area contributed by atoms with Gasteiger partial charge in [-0.1, -0.05) is 35.3 Å². The van der Waals surface area contributed by atoms with Crippen LogP contribution in [0.1, 0.15) is 17.4 Å². The lowest BCUT2D eigenvalue weighted by molar-refractivity contribution is 0.247. The highest BCUT2D eigenvalue weighted by Gasteiger charge is 2.22. The smallest absolute Gasteiger partial charge is 0.276 e. The van der Waals surface area contributed by atoms with Gasteiger partial charge in [-0.25, -0.2) is 4.98 Å². The summed E-state index contributed by atoms with van der Waals surface area (Å²) in [6, 6.07) is 11.3. The molecule has 1 heterocycles. The van der Waals surface area contributed by atoms with E-state index in [0.29, 0.717) is 26.6 Å². The Balaban J connectivity index is 2.14. The van der Waals surface area contributed by atoms with Crippen LogP contribution in [0.5, 0.6) is 0 Å². The Kier molecular flexibility index (Phi) is 5.71. The summed E-state index contributed by atoms with van der Waals surface area (Å²) in [4.78, 5) is 19.5. The molecule has 3 rings (SSSR count). The maximum atomic E-state index is 12.6. The number of hydrogen-bond acceptors (Lipinski definition) is 5. The van der Waals surface area contributed by atoms with Gasteiger partial charge in [0, 0.05) is 10.0 Å². The number of aromatic nitrogens is 2. The van der Waals surface area contributed by atoms with Gasteiger partial charge in [-0.05, 0) is 48.1 Å². The summed E-state index contributed by atoms with van der Waals surface area (Å²) in [5.41, 5.74) is 8.50. The molecule has 1 unspecified atom stereocenters. The molecule has 1 atom stereocenters. The second-order valence-electron chi connectivity index (χ2n) is 5.50. The van der Waals surface area contributed by atoms with Crippen molar-refractivity contribution in [3.05, 3.63) is 74.1 Å². The number of fused-ring (bicyclic) bond motifs is 1. The van der Waals surface area contributed by atoms with Gasteiger partial charge in [-0.3, -0.25) is 10.2 Å². The number of nitrogens with two attached hydrogens (primary N) is 1. The highest BCUT2D eigenvalue weighted by Crippen LogP contribution is 2.21. The van der Waals surface area contributed by atoms with Crippen LogP contribution in [0, 0.1) is 0 Å². The average molecular weight is 422 g/mol. The van der Waals surface area contributed by atoms with Crippen molar-refractivity contribution in [1.82, 2.24) is 15.4 Å². The third-order valence-electron chi connectivity index (χ3n) is 3.63. The minimum atomic E-state index is -1.28. The van der Waals surface area contributed by atoms with Crippen LogP contribution in [0.3, 0.4) is 0 Å². The van der Waals surface area contributed by atoms with Gasteiger partial charge < -0.3 is 15.8 Å². The van der Waals surface area contributed by atoms with Gasteiger partial charge in [0.15, 0.2) is 10.8 Å². The van der Waals surface area contributed by atoms with Gasteiger partial charge >= 0.3 is 0 Å². The van der Waals surface area contributed by atoms with Gasteiger partial charge in [0.25, 0.3) is 5.56 Å². The van der Waals surface area contributed by atoms with Crippen molar-refractivity contribution in [3.8, 4) is 0 Å². The molecule has 0 spiro atoms. The zero-order chi connectivity index (χ0) is 19.6. The third-order valence-corrected chi connectivity index (χ3v) is 4.21. The summed E-state index contributed by atoms with van der Waals surface area (Å²) in [6.07, 6.45) is -1.28. The maximum Gasteiger partial charge on any atom is 0.276 e. The molecule has 1 aromatic heterocycles. The van der Waals surface area contributed by atoms with Crippen molar-refractivity contribution in [2.45, 2.75) is 6.10 Å². The standard InChI is InChI=1S/C17H13Cl2N5O2S/c18-9-3-1-8(2-4-9)15(25)13(23-24-17(20)27)14-16(26)22-12-7-10(19)5-6-11(12)21-14/h1-7,15,25H,(H,22,26)(H3,20,24,27)/b23-13-. The van der Waals surface area contributed by atoms with Crippen LogP contribution in [0.25, 0.3) is 11.0 Å². The second-order valence-corrected chi connectivity index (χ2v) is 6.82. The maximum absolute atomic E-state index is 12.6. The number of hydrogen-bond donors (Lipinski definition) is 4. The highest BCUT2D eigenvalue weighted by molar-refractivity contribution is 7.80.